The van der Waals surface area contributed by atoms with Crippen LogP contribution in [0.5, 0.6) is 0 Å². The van der Waals surface area contributed by atoms with E-state index in [-0.39, 0.29) is 22.2 Å². The first-order valence-electron chi connectivity index (χ1n) is 22.5. The van der Waals surface area contributed by atoms with Crippen molar-refractivity contribution in [2.45, 2.75) is 209 Å². The Balaban J connectivity index is -0.000000754. The van der Waals surface area contributed by atoms with Crippen molar-refractivity contribution < 1.29 is 20.4 Å². The van der Waals surface area contributed by atoms with Crippen LogP contribution < -0.4 is 10.6 Å². The van der Waals surface area contributed by atoms with Crippen molar-refractivity contribution in [3.63, 3.8) is 0 Å². The van der Waals surface area contributed by atoms with E-state index >= 15 is 0 Å². The topological polar surface area (TPSA) is 75.3 Å². The van der Waals surface area contributed by atoms with Gasteiger partial charge in [-0.05, 0) is 105 Å². The molecule has 0 bridgehead atoms. The molecule has 1 unspecified atom stereocenters. The van der Waals surface area contributed by atoms with Gasteiger partial charge in [0.1, 0.15) is 6.79 Å². The first-order valence-corrected chi connectivity index (χ1v) is 22.5. The third-order valence-electron chi connectivity index (χ3n) is 9.66. The number of nitrogens with zero attached hydrogens (tertiary/aromatic N) is 2. The molecule has 0 radical (unpaired) electrons. The average molecular weight is 777 g/mol. The second-order valence-electron chi connectivity index (χ2n) is 15.2. The van der Waals surface area contributed by atoms with Crippen molar-refractivity contribution in [3.8, 4) is 0 Å². The zero-order valence-electron chi connectivity index (χ0n) is 36.4. The van der Waals surface area contributed by atoms with Gasteiger partial charge in [0.25, 0.3) is 0 Å². The van der Waals surface area contributed by atoms with Gasteiger partial charge in [-0.25, -0.2) is 0 Å². The Morgan fingerprint density at radius 1 is 0.593 bits per heavy atom. The summed E-state index contributed by atoms with van der Waals surface area (Å²) in [5, 5.41) is 6.53. The van der Waals surface area contributed by atoms with Gasteiger partial charge in [-0.15, -0.1) is 0 Å². The maximum absolute atomic E-state index is 11.9. The van der Waals surface area contributed by atoms with Gasteiger partial charge in [0, 0.05) is 27.5 Å². The minimum absolute atomic E-state index is 0. The number of carbonyl (C=O) groups excluding carboxylic acids is 1. The summed E-state index contributed by atoms with van der Waals surface area (Å²) in [7, 11) is 6.10. The Hall–Kier alpha value is -0.770. The van der Waals surface area contributed by atoms with Gasteiger partial charge in [-0.1, -0.05) is 145 Å². The van der Waals surface area contributed by atoms with Gasteiger partial charge in [0.05, 0.1) is 12.7 Å². The molecule has 0 heterocycles. The minimum Gasteiger partial charge on any atom is -0.466 e. The van der Waals surface area contributed by atoms with E-state index < -0.39 is 0 Å². The molecule has 1 atom stereocenters. The van der Waals surface area contributed by atoms with E-state index in [1.807, 2.05) is 7.05 Å². The second kappa shape index (κ2) is 52.2. The normalized spacial score (nSPS) is 11.6. The number of ether oxygens (including phenoxy) is 3. The molecule has 0 saturated heterocycles. The summed E-state index contributed by atoms with van der Waals surface area (Å²) in [6.07, 6.45) is 30.5. The van der Waals surface area contributed by atoms with Crippen molar-refractivity contribution in [2.75, 3.05) is 87.0 Å². The molecule has 0 aromatic heterocycles. The number of carbonyl (C=O) groups is 1. The molecule has 0 rings (SSSR count). The lowest BCUT2D eigenvalue weighted by molar-refractivity contribution is -0.143. The van der Waals surface area contributed by atoms with E-state index in [1.165, 1.54) is 148 Å². The number of likely N-dealkylation sites (N-methyl/N-ethyl adjacent to an activating group) is 2. The highest BCUT2D eigenvalue weighted by Gasteiger charge is 2.09. The molecule has 0 spiro atoms. The first kappa shape index (κ1) is 59.9. The van der Waals surface area contributed by atoms with Gasteiger partial charge in [-0.3, -0.25) is 4.79 Å². The molecule has 2 N–H and O–H groups in total. The number of nitrogens with one attached hydrogen (secondary N) is 2. The standard InChI is InChI=1S/C39H80N2O4.C5H14N2.2CH4.H2/c1-5-9-12-19-26-36-44-39(42)30-22-16-15-18-24-33-41(34-27-31-40-8-4)32-23-17-13-14-20-25-35-43-37-45-38(28-11-7-3)29-21-10-6-2;1-6-4-5-7(2)3;;;/h38,40H,5-37H2,1-4H3;6H,4-5H2,1-3H3;2*1H4;1H. The largest absolute Gasteiger partial charge is 0.466 e. The van der Waals surface area contributed by atoms with E-state index in [0.717, 1.165) is 58.5 Å². The Morgan fingerprint density at radius 2 is 1.11 bits per heavy atom. The smallest absolute Gasteiger partial charge is 0.305 e. The average Bonchev–Trinajstić information content (AvgIpc) is 3.14. The summed E-state index contributed by atoms with van der Waals surface area (Å²) in [4.78, 5) is 16.8. The lowest BCUT2D eigenvalue weighted by Crippen LogP contribution is -2.29. The highest BCUT2D eigenvalue weighted by molar-refractivity contribution is 5.69. The van der Waals surface area contributed by atoms with Crippen molar-refractivity contribution in [3.05, 3.63) is 0 Å². The van der Waals surface area contributed by atoms with Crippen LogP contribution >= 0.6 is 0 Å². The molecular weight excluding hydrogens is 673 g/mol. The molecule has 332 valence electrons. The van der Waals surface area contributed by atoms with E-state index in [1.54, 1.807) is 0 Å². The van der Waals surface area contributed by atoms with E-state index in [0.29, 0.717) is 25.9 Å². The van der Waals surface area contributed by atoms with Crippen LogP contribution in [-0.4, -0.2) is 109 Å². The Kier molecular flexibility index (Phi) is 58.0. The number of hydrogen-bond donors (Lipinski definition) is 2. The van der Waals surface area contributed by atoms with Crippen LogP contribution in [0.4, 0.5) is 0 Å². The summed E-state index contributed by atoms with van der Waals surface area (Å²) in [6.45, 7) is 18.9. The van der Waals surface area contributed by atoms with Crippen molar-refractivity contribution in [1.82, 2.24) is 20.4 Å². The highest BCUT2D eigenvalue weighted by Crippen LogP contribution is 2.14. The Morgan fingerprint density at radius 3 is 1.69 bits per heavy atom. The molecule has 54 heavy (non-hydrogen) atoms. The van der Waals surface area contributed by atoms with E-state index in [9.17, 15) is 4.79 Å². The first-order chi connectivity index (χ1) is 25.4. The van der Waals surface area contributed by atoms with Crippen molar-refractivity contribution in [1.29, 1.82) is 0 Å². The van der Waals surface area contributed by atoms with Crippen LogP contribution in [0, 0.1) is 0 Å². The molecule has 0 aromatic carbocycles. The van der Waals surface area contributed by atoms with Gasteiger partial charge in [-0.2, -0.15) is 0 Å². The van der Waals surface area contributed by atoms with Gasteiger partial charge in [0.15, 0.2) is 0 Å². The third kappa shape index (κ3) is 51.2. The van der Waals surface area contributed by atoms with Gasteiger partial charge < -0.3 is 34.6 Å². The second-order valence-corrected chi connectivity index (χ2v) is 15.2. The molecule has 8 heteroatoms. The van der Waals surface area contributed by atoms with Crippen molar-refractivity contribution >= 4 is 5.97 Å². The Labute approximate surface area is 342 Å². The van der Waals surface area contributed by atoms with Crippen LogP contribution in [0.25, 0.3) is 0 Å². The monoisotopic (exact) mass is 777 g/mol. The number of unbranched alkanes of at least 4 members (excludes halogenated alkanes) is 16. The van der Waals surface area contributed by atoms with Gasteiger partial charge >= 0.3 is 5.97 Å². The molecule has 0 aliphatic rings. The quantitative estimate of drug-likeness (QED) is 0.0361. The van der Waals surface area contributed by atoms with Crippen LogP contribution in [0.15, 0.2) is 0 Å². The summed E-state index contributed by atoms with van der Waals surface area (Å²) in [6, 6.07) is 0. The maximum Gasteiger partial charge on any atom is 0.305 e. The third-order valence-corrected chi connectivity index (χ3v) is 9.66. The zero-order chi connectivity index (χ0) is 38.6. The number of hydrogen-bond acceptors (Lipinski definition) is 8. The fourth-order valence-electron chi connectivity index (χ4n) is 6.19. The van der Waals surface area contributed by atoms with E-state index in [4.69, 9.17) is 14.2 Å². The molecule has 0 amide bonds. The fraction of sp³-hybridized carbons (Fsp3) is 0.978. The summed E-state index contributed by atoms with van der Waals surface area (Å²) >= 11 is 0. The lowest BCUT2D eigenvalue weighted by atomic mass is 10.1. The number of esters is 1. The molecule has 8 nitrogen and oxygen atoms in total. The Bertz CT molecular complexity index is 678. The van der Waals surface area contributed by atoms with Crippen molar-refractivity contribution in [2.24, 2.45) is 0 Å². The van der Waals surface area contributed by atoms with Gasteiger partial charge in [0.2, 0.25) is 0 Å². The predicted molar refractivity (Wildman–Crippen MR) is 242 cm³/mol. The van der Waals surface area contributed by atoms with Crippen LogP contribution in [-0.2, 0) is 19.0 Å². The van der Waals surface area contributed by atoms with Crippen LogP contribution in [0.3, 0.4) is 0 Å². The van der Waals surface area contributed by atoms with E-state index in [2.05, 4.69) is 62.2 Å². The molecule has 0 aromatic rings. The SMILES string of the molecule is C.C.CCCCCCCOC(=O)CCCCCCCN(CCCCCCCCOCOC(CCCC)CCCCC)CCCNCC.CNCCN(C)C.[HH]. The predicted octanol–water partition coefficient (Wildman–Crippen LogP) is 11.9. The molecule has 0 aliphatic heterocycles. The van der Waals surface area contributed by atoms with Crippen LogP contribution in [0.2, 0.25) is 0 Å². The molecular formula is C46H104N4O4. The molecule has 0 fully saturated rings. The number of rotatable bonds is 41. The van der Waals surface area contributed by atoms with Crippen LogP contribution in [0.1, 0.15) is 204 Å². The molecule has 0 saturated carbocycles. The summed E-state index contributed by atoms with van der Waals surface area (Å²) in [5.74, 6) is -0.000330. The zero-order valence-corrected chi connectivity index (χ0v) is 36.4. The highest BCUT2D eigenvalue weighted by atomic mass is 16.7. The fourth-order valence-corrected chi connectivity index (χ4v) is 6.19. The maximum atomic E-state index is 11.9. The summed E-state index contributed by atoms with van der Waals surface area (Å²) < 4.78 is 17.3. The minimum atomic E-state index is -0.000330. The molecule has 0 aliphatic carbocycles. The summed E-state index contributed by atoms with van der Waals surface area (Å²) in [5.41, 5.74) is 0. The lowest BCUT2D eigenvalue weighted by Gasteiger charge is -2.22.